The first kappa shape index (κ1) is 12.7. The number of aryl methyl sites for hydroxylation is 1. The molecule has 15 heavy (non-hydrogen) atoms. The average Bonchev–Trinajstić information content (AvgIpc) is 2.11. The van der Waals surface area contributed by atoms with Crippen LogP contribution in [0.25, 0.3) is 0 Å². The van der Waals surface area contributed by atoms with E-state index in [2.05, 4.69) is 38.8 Å². The summed E-state index contributed by atoms with van der Waals surface area (Å²) in [6, 6.07) is 3.96. The highest BCUT2D eigenvalue weighted by atomic mass is 79.9. The Morgan fingerprint density at radius 1 is 1.33 bits per heavy atom. The average molecular weight is 336 g/mol. The number of hydrogen-bond acceptors (Lipinski definition) is 2. The molecule has 1 rings (SSSR count). The summed E-state index contributed by atoms with van der Waals surface area (Å²) < 4.78 is 6.68. The molecule has 1 aromatic carbocycles. The van der Waals surface area contributed by atoms with Gasteiger partial charge in [0.25, 0.3) is 0 Å². The van der Waals surface area contributed by atoms with E-state index in [4.69, 9.17) is 4.74 Å². The van der Waals surface area contributed by atoms with Crippen LogP contribution in [0.3, 0.4) is 0 Å². The van der Waals surface area contributed by atoms with E-state index in [-0.39, 0.29) is 5.97 Å². The molecular formula is C11H12Br2O2. The Kier molecular flexibility index (Phi) is 4.80. The van der Waals surface area contributed by atoms with Crippen LogP contribution in [0.4, 0.5) is 0 Å². The summed E-state index contributed by atoms with van der Waals surface area (Å²) in [5.41, 5.74) is 1.21. The minimum atomic E-state index is -0.320. The summed E-state index contributed by atoms with van der Waals surface area (Å²) in [6.45, 7) is 3.51. The second-order valence-corrected chi connectivity index (χ2v) is 4.94. The normalized spacial score (nSPS) is 10.1. The zero-order valence-corrected chi connectivity index (χ0v) is 11.8. The lowest BCUT2D eigenvalue weighted by Gasteiger charge is -2.09. The van der Waals surface area contributed by atoms with Crippen LogP contribution in [0.5, 0.6) is 5.75 Å². The third-order valence-electron chi connectivity index (χ3n) is 1.84. The summed E-state index contributed by atoms with van der Waals surface area (Å²) >= 11 is 6.78. The van der Waals surface area contributed by atoms with Crippen LogP contribution in [0.15, 0.2) is 21.1 Å². The van der Waals surface area contributed by atoms with Crippen molar-refractivity contribution >= 4 is 37.8 Å². The molecule has 0 unspecified atom stereocenters. The number of esters is 1. The lowest BCUT2D eigenvalue weighted by molar-refractivity contribution is -0.131. The van der Waals surface area contributed by atoms with Gasteiger partial charge in [-0.05, 0) is 56.0 Å². The first-order valence-corrected chi connectivity index (χ1v) is 6.29. The third kappa shape index (κ3) is 3.61. The molecule has 0 spiro atoms. The van der Waals surface area contributed by atoms with Crippen LogP contribution in [0.1, 0.15) is 25.8 Å². The highest BCUT2D eigenvalue weighted by molar-refractivity contribution is 9.11. The minimum Gasteiger partial charge on any atom is -0.424 e. The maximum absolute atomic E-state index is 10.9. The Hall–Kier alpha value is -0.350. The number of carbonyl (C=O) groups is 1. The van der Waals surface area contributed by atoms with E-state index in [9.17, 15) is 4.79 Å². The molecule has 0 atom stereocenters. The highest BCUT2D eigenvalue weighted by Gasteiger charge is 2.10. The fourth-order valence-electron chi connectivity index (χ4n) is 1.29. The molecule has 0 saturated heterocycles. The number of carbonyl (C=O) groups excluding carboxylic acids is 1. The zero-order chi connectivity index (χ0) is 11.4. The van der Waals surface area contributed by atoms with Gasteiger partial charge in [-0.25, -0.2) is 0 Å². The van der Waals surface area contributed by atoms with Gasteiger partial charge in [0.05, 0.1) is 8.95 Å². The van der Waals surface area contributed by atoms with E-state index >= 15 is 0 Å². The first-order valence-electron chi connectivity index (χ1n) is 4.71. The van der Waals surface area contributed by atoms with Gasteiger partial charge in [0, 0.05) is 6.92 Å². The molecule has 0 bridgehead atoms. The Labute approximate surface area is 106 Å². The van der Waals surface area contributed by atoms with Crippen molar-refractivity contribution in [3.8, 4) is 5.75 Å². The minimum absolute atomic E-state index is 0.320. The molecule has 0 amide bonds. The first-order chi connectivity index (χ1) is 7.04. The van der Waals surface area contributed by atoms with Crippen LogP contribution in [-0.2, 0) is 11.2 Å². The Morgan fingerprint density at radius 2 is 1.87 bits per heavy atom. The molecule has 4 heteroatoms. The van der Waals surface area contributed by atoms with Gasteiger partial charge >= 0.3 is 5.97 Å². The van der Waals surface area contributed by atoms with Gasteiger partial charge in [-0.1, -0.05) is 13.3 Å². The van der Waals surface area contributed by atoms with Crippen molar-refractivity contribution in [1.29, 1.82) is 0 Å². The van der Waals surface area contributed by atoms with Crippen molar-refractivity contribution in [3.05, 3.63) is 26.6 Å². The molecule has 82 valence electrons. The largest absolute Gasteiger partial charge is 0.424 e. The molecule has 1 aromatic rings. The van der Waals surface area contributed by atoms with Gasteiger partial charge in [-0.3, -0.25) is 4.79 Å². The summed E-state index contributed by atoms with van der Waals surface area (Å²) in [5, 5.41) is 0. The zero-order valence-electron chi connectivity index (χ0n) is 8.64. The summed E-state index contributed by atoms with van der Waals surface area (Å²) in [7, 11) is 0. The Bertz CT molecular complexity index is 352. The fourth-order valence-corrected chi connectivity index (χ4v) is 2.73. The predicted octanol–water partition coefficient (Wildman–Crippen LogP) is 4.09. The second-order valence-electron chi connectivity index (χ2n) is 3.23. The van der Waals surface area contributed by atoms with E-state index in [1.807, 2.05) is 12.1 Å². The number of halogens is 2. The van der Waals surface area contributed by atoms with Crippen LogP contribution in [0.2, 0.25) is 0 Å². The van der Waals surface area contributed by atoms with Crippen molar-refractivity contribution in [2.75, 3.05) is 0 Å². The highest BCUT2D eigenvalue weighted by Crippen LogP contribution is 2.35. The maximum Gasteiger partial charge on any atom is 0.308 e. The monoisotopic (exact) mass is 334 g/mol. The SMILES string of the molecule is CCCc1cc(Br)c(OC(C)=O)c(Br)c1. The molecule has 0 aliphatic heterocycles. The van der Waals surface area contributed by atoms with E-state index in [1.165, 1.54) is 12.5 Å². The van der Waals surface area contributed by atoms with Crippen molar-refractivity contribution in [1.82, 2.24) is 0 Å². The maximum atomic E-state index is 10.9. The Balaban J connectivity index is 3.03. The molecule has 0 aromatic heterocycles. The van der Waals surface area contributed by atoms with Gasteiger partial charge in [-0.2, -0.15) is 0 Å². The number of ether oxygens (including phenoxy) is 1. The smallest absolute Gasteiger partial charge is 0.308 e. The molecule has 0 aliphatic carbocycles. The predicted molar refractivity (Wildman–Crippen MR) is 67.1 cm³/mol. The van der Waals surface area contributed by atoms with Crippen molar-refractivity contribution in [2.45, 2.75) is 26.7 Å². The molecule has 0 radical (unpaired) electrons. The van der Waals surface area contributed by atoms with Gasteiger partial charge in [0.15, 0.2) is 5.75 Å². The molecule has 2 nitrogen and oxygen atoms in total. The molecule has 0 N–H and O–H groups in total. The van der Waals surface area contributed by atoms with Crippen molar-refractivity contribution < 1.29 is 9.53 Å². The molecular weight excluding hydrogens is 324 g/mol. The standard InChI is InChI=1S/C11H12Br2O2/c1-3-4-8-5-9(12)11(10(13)6-8)15-7(2)14/h5-6H,3-4H2,1-2H3. The fraction of sp³-hybridized carbons (Fsp3) is 0.364. The molecule has 0 saturated carbocycles. The van der Waals surface area contributed by atoms with Crippen molar-refractivity contribution in [2.24, 2.45) is 0 Å². The third-order valence-corrected chi connectivity index (χ3v) is 3.02. The van der Waals surface area contributed by atoms with Gasteiger partial charge in [0.2, 0.25) is 0 Å². The number of hydrogen-bond donors (Lipinski definition) is 0. The summed E-state index contributed by atoms with van der Waals surface area (Å²) in [5.74, 6) is 0.224. The molecule has 0 heterocycles. The topological polar surface area (TPSA) is 26.3 Å². The van der Waals surface area contributed by atoms with Crippen LogP contribution in [0, 0.1) is 0 Å². The van der Waals surface area contributed by atoms with E-state index < -0.39 is 0 Å². The lowest BCUT2D eigenvalue weighted by atomic mass is 10.1. The van der Waals surface area contributed by atoms with E-state index in [0.29, 0.717) is 5.75 Å². The van der Waals surface area contributed by atoms with Gasteiger partial charge < -0.3 is 4.74 Å². The van der Waals surface area contributed by atoms with E-state index in [0.717, 1.165) is 21.8 Å². The van der Waals surface area contributed by atoms with Crippen molar-refractivity contribution in [3.63, 3.8) is 0 Å². The second kappa shape index (κ2) is 5.66. The quantitative estimate of drug-likeness (QED) is 0.614. The molecule has 0 aliphatic rings. The summed E-state index contributed by atoms with van der Waals surface area (Å²) in [6.07, 6.45) is 2.10. The van der Waals surface area contributed by atoms with Gasteiger partial charge in [-0.15, -0.1) is 0 Å². The van der Waals surface area contributed by atoms with Crippen LogP contribution >= 0.6 is 31.9 Å². The van der Waals surface area contributed by atoms with E-state index in [1.54, 1.807) is 0 Å². The van der Waals surface area contributed by atoms with Crippen LogP contribution in [-0.4, -0.2) is 5.97 Å². The Morgan fingerprint density at radius 3 is 2.27 bits per heavy atom. The van der Waals surface area contributed by atoms with Crippen LogP contribution < -0.4 is 4.74 Å². The van der Waals surface area contributed by atoms with Gasteiger partial charge in [0.1, 0.15) is 0 Å². The number of rotatable bonds is 3. The number of benzene rings is 1. The lowest BCUT2D eigenvalue weighted by Crippen LogP contribution is -2.03. The molecule has 0 fully saturated rings. The summed E-state index contributed by atoms with van der Waals surface area (Å²) in [4.78, 5) is 10.9.